The van der Waals surface area contributed by atoms with E-state index < -0.39 is 28.5 Å². The van der Waals surface area contributed by atoms with Crippen molar-refractivity contribution >= 4 is 39.1 Å². The molecule has 1 aliphatic rings. The Morgan fingerprint density at radius 2 is 1.84 bits per heavy atom. The number of rotatable bonds is 11. The third kappa shape index (κ3) is 7.38. The molecule has 0 radical (unpaired) electrons. The number of nitrogens with one attached hydrogen (secondary N) is 1. The lowest BCUT2D eigenvalue weighted by Gasteiger charge is -2.33. The topological polar surface area (TPSA) is 96.0 Å². The third-order valence-electron chi connectivity index (χ3n) is 6.79. The highest BCUT2D eigenvalue weighted by atomic mass is 35.5. The molecular weight excluding hydrogens is 514 g/mol. The van der Waals surface area contributed by atoms with Crippen molar-refractivity contribution in [3.8, 4) is 5.75 Å². The number of hydrogen-bond acceptors (Lipinski definition) is 5. The van der Waals surface area contributed by atoms with E-state index in [0.29, 0.717) is 12.2 Å². The van der Waals surface area contributed by atoms with Crippen LogP contribution < -0.4 is 14.4 Å². The van der Waals surface area contributed by atoms with Crippen molar-refractivity contribution in [3.63, 3.8) is 0 Å². The predicted octanol–water partition coefficient (Wildman–Crippen LogP) is 4.29. The van der Waals surface area contributed by atoms with E-state index in [1.54, 1.807) is 6.07 Å². The summed E-state index contributed by atoms with van der Waals surface area (Å²) < 4.78 is 31.7. The van der Waals surface area contributed by atoms with Gasteiger partial charge in [0.15, 0.2) is 0 Å². The van der Waals surface area contributed by atoms with Gasteiger partial charge in [0, 0.05) is 12.6 Å². The average molecular weight is 550 g/mol. The zero-order chi connectivity index (χ0) is 27.2. The van der Waals surface area contributed by atoms with Gasteiger partial charge in [-0.3, -0.25) is 13.9 Å². The second kappa shape index (κ2) is 12.6. The van der Waals surface area contributed by atoms with Gasteiger partial charge < -0.3 is 15.0 Å². The first kappa shape index (κ1) is 28.8. The molecule has 1 N–H and O–H groups in total. The fourth-order valence-electron chi connectivity index (χ4n) is 4.68. The van der Waals surface area contributed by atoms with E-state index in [2.05, 4.69) is 5.32 Å². The first-order valence-electron chi connectivity index (χ1n) is 12.5. The number of halogens is 1. The van der Waals surface area contributed by atoms with Crippen molar-refractivity contribution in [3.05, 3.63) is 58.6 Å². The van der Waals surface area contributed by atoms with Crippen LogP contribution in [0.1, 0.15) is 50.2 Å². The van der Waals surface area contributed by atoms with Gasteiger partial charge in [0.25, 0.3) is 0 Å². The molecule has 0 spiro atoms. The summed E-state index contributed by atoms with van der Waals surface area (Å²) >= 11 is 6.25. The molecule has 8 nitrogen and oxygen atoms in total. The monoisotopic (exact) mass is 549 g/mol. The maximum Gasteiger partial charge on any atom is 0.244 e. The van der Waals surface area contributed by atoms with E-state index in [4.69, 9.17) is 16.3 Å². The highest BCUT2D eigenvalue weighted by molar-refractivity contribution is 7.92. The van der Waals surface area contributed by atoms with E-state index in [-0.39, 0.29) is 29.2 Å². The molecule has 2 amide bonds. The van der Waals surface area contributed by atoms with Crippen LogP contribution in [-0.4, -0.2) is 57.1 Å². The maximum atomic E-state index is 13.8. The Labute approximate surface area is 225 Å². The van der Waals surface area contributed by atoms with Crippen LogP contribution >= 0.6 is 11.6 Å². The van der Waals surface area contributed by atoms with E-state index in [1.165, 1.54) is 24.1 Å². The first-order chi connectivity index (χ1) is 17.5. The Hall–Kier alpha value is -2.78. The van der Waals surface area contributed by atoms with E-state index >= 15 is 0 Å². The number of hydrogen-bond donors (Lipinski definition) is 1. The molecule has 10 heteroatoms. The minimum Gasteiger partial charge on any atom is -0.495 e. The van der Waals surface area contributed by atoms with Crippen LogP contribution in [-0.2, 0) is 26.2 Å². The van der Waals surface area contributed by atoms with Crippen LogP contribution in [0.3, 0.4) is 0 Å². The Morgan fingerprint density at radius 1 is 1.16 bits per heavy atom. The van der Waals surface area contributed by atoms with Crippen molar-refractivity contribution in [1.82, 2.24) is 10.2 Å². The third-order valence-corrected chi connectivity index (χ3v) is 8.23. The minimum absolute atomic E-state index is 0.103. The van der Waals surface area contributed by atoms with Crippen LogP contribution in [0.25, 0.3) is 0 Å². The minimum atomic E-state index is -3.85. The van der Waals surface area contributed by atoms with Gasteiger partial charge in [-0.2, -0.15) is 0 Å². The summed E-state index contributed by atoms with van der Waals surface area (Å²) in [6.45, 7) is 3.51. The second-order valence-electron chi connectivity index (χ2n) is 9.45. The van der Waals surface area contributed by atoms with Gasteiger partial charge in [-0.25, -0.2) is 8.42 Å². The fraction of sp³-hybridized carbons (Fsp3) is 0.481. The van der Waals surface area contributed by atoms with E-state index in [1.807, 2.05) is 38.1 Å². The number of benzene rings is 2. The second-order valence-corrected chi connectivity index (χ2v) is 11.8. The smallest absolute Gasteiger partial charge is 0.244 e. The van der Waals surface area contributed by atoms with Gasteiger partial charge in [0.1, 0.15) is 18.3 Å². The number of nitrogens with zero attached hydrogens (tertiary/aromatic N) is 2. The Kier molecular flexibility index (Phi) is 9.84. The van der Waals surface area contributed by atoms with Crippen molar-refractivity contribution in [2.45, 2.75) is 64.6 Å². The summed E-state index contributed by atoms with van der Waals surface area (Å²) in [5.41, 5.74) is 2.11. The highest BCUT2D eigenvalue weighted by Crippen LogP contribution is 2.30. The van der Waals surface area contributed by atoms with E-state index in [0.717, 1.165) is 47.4 Å². The number of methoxy groups -OCH3 is 1. The number of ether oxygens (including phenoxy) is 1. The molecule has 37 heavy (non-hydrogen) atoms. The molecule has 1 fully saturated rings. The molecule has 0 bridgehead atoms. The summed E-state index contributed by atoms with van der Waals surface area (Å²) in [5.74, 6) is -0.301. The highest BCUT2D eigenvalue weighted by Gasteiger charge is 2.33. The molecule has 2 aromatic rings. The summed E-state index contributed by atoms with van der Waals surface area (Å²) in [4.78, 5) is 28.7. The quantitative estimate of drug-likeness (QED) is 0.451. The first-order valence-corrected chi connectivity index (χ1v) is 14.7. The van der Waals surface area contributed by atoms with Gasteiger partial charge in [0.2, 0.25) is 21.8 Å². The number of sulfonamides is 1. The molecule has 0 saturated heterocycles. The molecule has 0 aromatic heterocycles. The molecule has 202 valence electrons. The van der Waals surface area contributed by atoms with E-state index in [9.17, 15) is 18.0 Å². The van der Waals surface area contributed by atoms with Crippen LogP contribution in [0.15, 0.2) is 42.5 Å². The van der Waals surface area contributed by atoms with Gasteiger partial charge in [-0.15, -0.1) is 0 Å². The maximum absolute atomic E-state index is 13.8. The van der Waals surface area contributed by atoms with Crippen molar-refractivity contribution < 1.29 is 22.7 Å². The number of anilines is 1. The lowest BCUT2D eigenvalue weighted by molar-refractivity contribution is -0.140. The Morgan fingerprint density at radius 3 is 2.41 bits per heavy atom. The largest absolute Gasteiger partial charge is 0.495 e. The lowest BCUT2D eigenvalue weighted by atomic mass is 10.1. The number of carbonyl (C=O) groups is 2. The summed E-state index contributed by atoms with van der Waals surface area (Å²) in [7, 11) is -2.39. The van der Waals surface area contributed by atoms with Gasteiger partial charge >= 0.3 is 0 Å². The molecular formula is C27H36ClN3O5S. The van der Waals surface area contributed by atoms with Gasteiger partial charge in [-0.1, -0.05) is 55.6 Å². The lowest BCUT2D eigenvalue weighted by Crippen LogP contribution is -2.53. The molecule has 1 saturated carbocycles. The predicted molar refractivity (Wildman–Crippen MR) is 146 cm³/mol. The Balaban J connectivity index is 1.95. The molecule has 0 aliphatic heterocycles. The molecule has 0 unspecified atom stereocenters. The van der Waals surface area contributed by atoms with Gasteiger partial charge in [-0.05, 0) is 55.5 Å². The summed E-state index contributed by atoms with van der Waals surface area (Å²) in [5, 5.41) is 3.33. The zero-order valence-electron chi connectivity index (χ0n) is 21.9. The number of carbonyl (C=O) groups excluding carboxylic acids is 2. The molecule has 0 heterocycles. The normalized spacial score (nSPS) is 14.7. The number of aryl methyl sites for hydroxylation is 1. The van der Waals surface area contributed by atoms with Gasteiger partial charge in [0.05, 0.1) is 24.1 Å². The zero-order valence-corrected chi connectivity index (χ0v) is 23.4. The SMILES string of the molecule is CC[C@@H](C(=O)NC1CCCC1)N(Cc1ccccc1C)C(=O)CN(c1ccc(OC)c(Cl)c1)S(C)(=O)=O. The van der Waals surface area contributed by atoms with Crippen LogP contribution in [0.4, 0.5) is 5.69 Å². The number of amides is 2. The summed E-state index contributed by atoms with van der Waals surface area (Å²) in [6.07, 6.45) is 5.42. The molecule has 3 rings (SSSR count). The van der Waals surface area contributed by atoms with Crippen LogP contribution in [0.2, 0.25) is 5.02 Å². The average Bonchev–Trinajstić information content (AvgIpc) is 3.35. The van der Waals surface area contributed by atoms with Crippen LogP contribution in [0.5, 0.6) is 5.75 Å². The van der Waals surface area contributed by atoms with Crippen molar-refractivity contribution in [2.24, 2.45) is 0 Å². The molecule has 1 aliphatic carbocycles. The fourth-order valence-corrected chi connectivity index (χ4v) is 5.78. The van der Waals surface area contributed by atoms with Crippen molar-refractivity contribution in [2.75, 3.05) is 24.2 Å². The summed E-state index contributed by atoms with van der Waals surface area (Å²) in [6, 6.07) is 11.5. The van der Waals surface area contributed by atoms with Crippen LogP contribution in [0, 0.1) is 6.92 Å². The molecule has 1 atom stereocenters. The standard InChI is InChI=1S/C27H36ClN3O5S/c1-5-24(27(33)29-21-12-8-9-13-21)30(17-20-11-7-6-10-19(20)2)26(32)18-31(37(4,34)35)22-14-15-25(36-3)23(28)16-22/h6-7,10-11,14-16,21,24H,5,8-9,12-13,17-18H2,1-4H3,(H,29,33)/t24-/m0/s1. The van der Waals surface area contributed by atoms with Crippen molar-refractivity contribution in [1.29, 1.82) is 0 Å². The molecule has 2 aromatic carbocycles. The Bertz CT molecular complexity index is 1210.